The van der Waals surface area contributed by atoms with E-state index in [1.165, 1.54) is 4.88 Å². The fraction of sp³-hybridized carbons (Fsp3) is 0.700. The van der Waals surface area contributed by atoms with Crippen molar-refractivity contribution in [3.05, 3.63) is 22.4 Å². The van der Waals surface area contributed by atoms with Gasteiger partial charge in [0.15, 0.2) is 5.96 Å². The highest BCUT2D eigenvalue weighted by Gasteiger charge is 2.35. The van der Waals surface area contributed by atoms with Crippen molar-refractivity contribution in [2.24, 2.45) is 16.3 Å². The van der Waals surface area contributed by atoms with Gasteiger partial charge in [0.2, 0.25) is 5.91 Å². The van der Waals surface area contributed by atoms with E-state index >= 15 is 0 Å². The lowest BCUT2D eigenvalue weighted by atomic mass is 9.78. The minimum atomic E-state index is -0.0132. The van der Waals surface area contributed by atoms with Gasteiger partial charge in [0, 0.05) is 38.0 Å². The van der Waals surface area contributed by atoms with E-state index in [1.54, 1.807) is 30.3 Å². The number of hydrogen-bond acceptors (Lipinski definition) is 4. The predicted octanol–water partition coefficient (Wildman–Crippen LogP) is 3.33. The van der Waals surface area contributed by atoms with E-state index in [1.807, 2.05) is 6.07 Å². The molecule has 28 heavy (non-hydrogen) atoms. The molecule has 1 aliphatic heterocycles. The number of hydrogen-bond donors (Lipinski definition) is 2. The summed E-state index contributed by atoms with van der Waals surface area (Å²) in [5.74, 6) is 1.09. The van der Waals surface area contributed by atoms with E-state index in [0.717, 1.165) is 26.0 Å². The quantitative estimate of drug-likeness (QED) is 0.342. The summed E-state index contributed by atoms with van der Waals surface area (Å²) >= 11 is 1.70. The number of carbonyl (C=O) groups is 1. The molecule has 8 heteroatoms. The maximum Gasteiger partial charge on any atom is 0.243 e. The van der Waals surface area contributed by atoms with Crippen LogP contribution in [0.3, 0.4) is 0 Å². The van der Waals surface area contributed by atoms with Crippen LogP contribution >= 0.6 is 35.3 Å². The van der Waals surface area contributed by atoms with Gasteiger partial charge in [-0.05, 0) is 29.7 Å². The molecule has 2 unspecified atom stereocenters. The van der Waals surface area contributed by atoms with Crippen molar-refractivity contribution in [1.82, 2.24) is 15.5 Å². The van der Waals surface area contributed by atoms with Gasteiger partial charge < -0.3 is 20.3 Å². The van der Waals surface area contributed by atoms with E-state index in [4.69, 9.17) is 4.74 Å². The van der Waals surface area contributed by atoms with Crippen LogP contribution in [-0.2, 0) is 16.1 Å². The van der Waals surface area contributed by atoms with Gasteiger partial charge >= 0.3 is 0 Å². The minimum Gasteiger partial charge on any atom is -0.377 e. The van der Waals surface area contributed by atoms with Gasteiger partial charge in [-0.1, -0.05) is 26.8 Å². The summed E-state index contributed by atoms with van der Waals surface area (Å²) in [5.41, 5.74) is 0.107. The molecule has 0 aliphatic carbocycles. The zero-order valence-electron chi connectivity index (χ0n) is 17.7. The Labute approximate surface area is 190 Å². The second-order valence-corrected chi connectivity index (χ2v) is 9.36. The summed E-state index contributed by atoms with van der Waals surface area (Å²) in [6.45, 7) is 9.16. The lowest BCUT2D eigenvalue weighted by Crippen LogP contribution is -2.47. The Morgan fingerprint density at radius 1 is 1.36 bits per heavy atom. The highest BCUT2D eigenvalue weighted by molar-refractivity contribution is 14.0. The Hall–Kier alpha value is -0.870. The molecule has 2 heterocycles. The molecule has 0 bridgehead atoms. The molecular formula is C20H35IN4O2S. The zero-order valence-corrected chi connectivity index (χ0v) is 20.8. The first-order chi connectivity index (χ1) is 12.8. The number of thiophene rings is 1. The molecule has 0 spiro atoms. The molecule has 0 aromatic carbocycles. The van der Waals surface area contributed by atoms with Crippen LogP contribution in [0, 0.1) is 11.3 Å². The van der Waals surface area contributed by atoms with Gasteiger partial charge in [0.05, 0.1) is 12.6 Å². The predicted molar refractivity (Wildman–Crippen MR) is 127 cm³/mol. The lowest BCUT2D eigenvalue weighted by molar-refractivity contribution is -0.127. The Kier molecular flexibility index (Phi) is 10.8. The van der Waals surface area contributed by atoms with Crippen molar-refractivity contribution < 1.29 is 9.53 Å². The highest BCUT2D eigenvalue weighted by Crippen LogP contribution is 2.33. The average Bonchev–Trinajstić information content (AvgIpc) is 3.13. The summed E-state index contributed by atoms with van der Waals surface area (Å²) in [6.07, 6.45) is 2.46. The van der Waals surface area contributed by atoms with Crippen LogP contribution in [-0.4, -0.2) is 56.7 Å². The molecule has 1 aromatic rings. The molecule has 1 fully saturated rings. The lowest BCUT2D eigenvalue weighted by Gasteiger charge is -2.40. The third kappa shape index (κ3) is 8.24. The van der Waals surface area contributed by atoms with Crippen molar-refractivity contribution in [2.45, 2.75) is 46.3 Å². The van der Waals surface area contributed by atoms with E-state index in [2.05, 4.69) is 47.8 Å². The molecule has 160 valence electrons. The van der Waals surface area contributed by atoms with Gasteiger partial charge in [0.1, 0.15) is 6.54 Å². The summed E-state index contributed by atoms with van der Waals surface area (Å²) in [5, 5.41) is 8.85. The van der Waals surface area contributed by atoms with Crippen molar-refractivity contribution in [1.29, 1.82) is 0 Å². The van der Waals surface area contributed by atoms with Gasteiger partial charge in [-0.3, -0.25) is 4.79 Å². The van der Waals surface area contributed by atoms with Crippen LogP contribution in [0.25, 0.3) is 0 Å². The molecule has 2 rings (SSSR count). The molecule has 2 atom stereocenters. The number of amides is 1. The van der Waals surface area contributed by atoms with Gasteiger partial charge in [-0.2, -0.15) is 0 Å². The molecule has 1 amide bonds. The van der Waals surface area contributed by atoms with Crippen LogP contribution in [0.2, 0.25) is 0 Å². The topological polar surface area (TPSA) is 66.0 Å². The standard InChI is InChI=1S/C20H34N4O2S.HI/c1-20(2,3)18-15(8-6-10-26-18)12-21-19(23-14-17(25)24(4)5)22-13-16-9-7-11-27-16;/h7,9,11,15,18H,6,8,10,12-14H2,1-5H3,(H2,21,22,23);1H. The Morgan fingerprint density at radius 2 is 2.11 bits per heavy atom. The van der Waals surface area contributed by atoms with E-state index in [-0.39, 0.29) is 47.9 Å². The number of ether oxygens (including phenoxy) is 1. The van der Waals surface area contributed by atoms with E-state index in [0.29, 0.717) is 18.4 Å². The SMILES string of the molecule is CN(C)C(=O)CN=C(NCc1cccs1)NCC1CCCOC1C(C)(C)C.I. The molecule has 0 saturated carbocycles. The first kappa shape index (κ1) is 25.2. The second kappa shape index (κ2) is 12.0. The number of carbonyl (C=O) groups excluding carboxylic acids is 1. The number of likely N-dealkylation sites (N-methyl/N-ethyl adjacent to an activating group) is 1. The fourth-order valence-corrected chi connectivity index (χ4v) is 3.93. The van der Waals surface area contributed by atoms with E-state index < -0.39 is 0 Å². The van der Waals surface area contributed by atoms with Crippen LogP contribution in [0.1, 0.15) is 38.5 Å². The zero-order chi connectivity index (χ0) is 19.9. The number of nitrogens with one attached hydrogen (secondary N) is 2. The number of nitrogens with zero attached hydrogens (tertiary/aromatic N) is 2. The first-order valence-electron chi connectivity index (χ1n) is 9.63. The molecule has 0 radical (unpaired) electrons. The van der Waals surface area contributed by atoms with Crippen molar-refractivity contribution in [2.75, 3.05) is 33.8 Å². The third-order valence-electron chi connectivity index (χ3n) is 4.71. The maximum atomic E-state index is 11.9. The van der Waals surface area contributed by atoms with Crippen LogP contribution in [0.15, 0.2) is 22.5 Å². The molecule has 1 saturated heterocycles. The Balaban J connectivity index is 0.00000392. The first-order valence-corrected chi connectivity index (χ1v) is 10.5. The number of guanidine groups is 1. The average molecular weight is 522 g/mol. The largest absolute Gasteiger partial charge is 0.377 e. The fourth-order valence-electron chi connectivity index (χ4n) is 3.28. The molecular weight excluding hydrogens is 487 g/mol. The number of halogens is 1. The molecule has 6 nitrogen and oxygen atoms in total. The van der Waals surface area contributed by atoms with Gasteiger partial charge in [-0.15, -0.1) is 35.3 Å². The van der Waals surface area contributed by atoms with Crippen LogP contribution in [0.4, 0.5) is 0 Å². The summed E-state index contributed by atoms with van der Waals surface area (Å²) in [7, 11) is 3.49. The van der Waals surface area contributed by atoms with Gasteiger partial charge in [0.25, 0.3) is 0 Å². The summed E-state index contributed by atoms with van der Waals surface area (Å²) in [4.78, 5) is 19.2. The van der Waals surface area contributed by atoms with E-state index in [9.17, 15) is 4.79 Å². The molecule has 2 N–H and O–H groups in total. The second-order valence-electron chi connectivity index (χ2n) is 8.33. The third-order valence-corrected chi connectivity index (χ3v) is 5.59. The minimum absolute atomic E-state index is 0. The highest BCUT2D eigenvalue weighted by atomic mass is 127. The van der Waals surface area contributed by atoms with Gasteiger partial charge in [-0.25, -0.2) is 4.99 Å². The summed E-state index contributed by atoms with van der Waals surface area (Å²) in [6, 6.07) is 4.12. The van der Waals surface area contributed by atoms with Crippen LogP contribution < -0.4 is 10.6 Å². The number of aliphatic imine (C=N–C) groups is 1. The molecule has 1 aliphatic rings. The van der Waals surface area contributed by atoms with Crippen molar-refractivity contribution in [3.8, 4) is 0 Å². The molecule has 1 aromatic heterocycles. The number of rotatable bonds is 6. The monoisotopic (exact) mass is 522 g/mol. The summed E-state index contributed by atoms with van der Waals surface area (Å²) < 4.78 is 6.08. The van der Waals surface area contributed by atoms with Crippen LogP contribution in [0.5, 0.6) is 0 Å². The van der Waals surface area contributed by atoms with Crippen molar-refractivity contribution in [3.63, 3.8) is 0 Å². The van der Waals surface area contributed by atoms with Crippen molar-refractivity contribution >= 4 is 47.2 Å². The Morgan fingerprint density at radius 3 is 2.71 bits per heavy atom. The Bertz CT molecular complexity index is 614. The maximum absolute atomic E-state index is 11.9. The normalized spacial score (nSPS) is 20.2. The smallest absolute Gasteiger partial charge is 0.243 e.